The second-order valence-corrected chi connectivity index (χ2v) is 4.06. The minimum absolute atomic E-state index is 0. The van der Waals surface area contributed by atoms with Crippen LogP contribution < -0.4 is 34.7 Å². The van der Waals surface area contributed by atoms with Crippen molar-refractivity contribution in [2.45, 2.75) is 59.3 Å². The van der Waals surface area contributed by atoms with Gasteiger partial charge in [0, 0.05) is 11.4 Å². The van der Waals surface area contributed by atoms with Crippen molar-refractivity contribution >= 4 is 5.97 Å². The van der Waals surface area contributed by atoms with Crippen molar-refractivity contribution in [2.24, 2.45) is 5.41 Å². The molecule has 0 aromatic carbocycles. The summed E-state index contributed by atoms with van der Waals surface area (Å²) in [5.41, 5.74) is -0.593. The molecule has 78 valence electrons. The zero-order chi connectivity index (χ0) is 10.3. The maximum Gasteiger partial charge on any atom is 1.00 e. The molecule has 0 spiro atoms. The topological polar surface area (TPSA) is 40.1 Å². The molecule has 0 saturated heterocycles. The fourth-order valence-electron chi connectivity index (χ4n) is 1.65. The molecule has 1 unspecified atom stereocenters. The van der Waals surface area contributed by atoms with Gasteiger partial charge in [0.2, 0.25) is 0 Å². The van der Waals surface area contributed by atoms with E-state index in [1.165, 1.54) is 0 Å². The molecular formula is C11H21NaO2. The van der Waals surface area contributed by atoms with E-state index < -0.39 is 11.4 Å². The summed E-state index contributed by atoms with van der Waals surface area (Å²) < 4.78 is 0. The van der Waals surface area contributed by atoms with Crippen LogP contribution in [0.5, 0.6) is 0 Å². The van der Waals surface area contributed by atoms with Gasteiger partial charge in [0.1, 0.15) is 0 Å². The van der Waals surface area contributed by atoms with Gasteiger partial charge in [-0.3, -0.25) is 0 Å². The van der Waals surface area contributed by atoms with Crippen LogP contribution in [0.25, 0.3) is 0 Å². The van der Waals surface area contributed by atoms with Gasteiger partial charge < -0.3 is 9.90 Å². The monoisotopic (exact) mass is 208 g/mol. The Morgan fingerprint density at radius 2 is 1.71 bits per heavy atom. The van der Waals surface area contributed by atoms with Gasteiger partial charge in [0.15, 0.2) is 0 Å². The molecule has 0 N–H and O–H groups in total. The third-order valence-electron chi connectivity index (χ3n) is 2.63. The summed E-state index contributed by atoms with van der Waals surface area (Å²) in [6.07, 6.45) is 5.66. The number of hydrogen-bond acceptors (Lipinski definition) is 2. The zero-order valence-electron chi connectivity index (χ0n) is 10.1. The summed E-state index contributed by atoms with van der Waals surface area (Å²) in [5, 5.41) is 10.9. The van der Waals surface area contributed by atoms with Gasteiger partial charge in [-0.05, 0) is 12.8 Å². The predicted molar refractivity (Wildman–Crippen MR) is 52.2 cm³/mol. The molecule has 0 aromatic heterocycles. The van der Waals surface area contributed by atoms with Crippen LogP contribution in [-0.4, -0.2) is 5.97 Å². The Bertz CT molecular complexity index is 159. The molecule has 0 aromatic rings. The van der Waals surface area contributed by atoms with Crippen LogP contribution >= 0.6 is 0 Å². The van der Waals surface area contributed by atoms with Crippen LogP contribution in [0.2, 0.25) is 0 Å². The van der Waals surface area contributed by atoms with Crippen LogP contribution in [0.3, 0.4) is 0 Å². The minimum atomic E-state index is -0.884. The van der Waals surface area contributed by atoms with E-state index in [2.05, 4.69) is 6.92 Å². The maximum absolute atomic E-state index is 10.9. The maximum atomic E-state index is 10.9. The number of rotatable bonds is 7. The number of carbonyl (C=O) groups is 1. The van der Waals surface area contributed by atoms with Gasteiger partial charge in [-0.1, -0.05) is 46.5 Å². The van der Waals surface area contributed by atoms with Crippen molar-refractivity contribution in [3.63, 3.8) is 0 Å². The number of aliphatic carboxylic acids is 1. The Hall–Kier alpha value is 0.470. The molecule has 0 amide bonds. The molecule has 0 aliphatic rings. The quantitative estimate of drug-likeness (QED) is 0.403. The first-order valence-corrected chi connectivity index (χ1v) is 5.28. The van der Waals surface area contributed by atoms with Gasteiger partial charge in [0.05, 0.1) is 0 Å². The molecule has 0 fully saturated rings. The smallest absolute Gasteiger partial charge is 0.550 e. The van der Waals surface area contributed by atoms with Crippen molar-refractivity contribution in [1.29, 1.82) is 0 Å². The Balaban J connectivity index is 0. The van der Waals surface area contributed by atoms with Crippen LogP contribution in [0, 0.1) is 5.41 Å². The third kappa shape index (κ3) is 6.05. The molecule has 0 aliphatic heterocycles. The summed E-state index contributed by atoms with van der Waals surface area (Å²) >= 11 is 0. The van der Waals surface area contributed by atoms with Crippen molar-refractivity contribution in [3.05, 3.63) is 0 Å². The molecule has 0 saturated carbocycles. The number of carboxylic acid groups (broad SMARTS) is 1. The van der Waals surface area contributed by atoms with Gasteiger partial charge in [-0.25, -0.2) is 0 Å². The van der Waals surface area contributed by atoms with E-state index in [4.69, 9.17) is 0 Å². The Morgan fingerprint density at radius 1 is 1.14 bits per heavy atom. The van der Waals surface area contributed by atoms with Gasteiger partial charge in [0.25, 0.3) is 0 Å². The molecule has 3 heteroatoms. The van der Waals surface area contributed by atoms with Crippen molar-refractivity contribution in [2.75, 3.05) is 0 Å². The summed E-state index contributed by atoms with van der Waals surface area (Å²) in [7, 11) is 0. The average Bonchev–Trinajstić information content (AvgIpc) is 2.05. The molecule has 0 heterocycles. The van der Waals surface area contributed by atoms with Crippen molar-refractivity contribution < 1.29 is 39.5 Å². The molecule has 14 heavy (non-hydrogen) atoms. The van der Waals surface area contributed by atoms with Crippen LogP contribution in [-0.2, 0) is 4.79 Å². The molecular weight excluding hydrogens is 187 g/mol. The summed E-state index contributed by atoms with van der Waals surface area (Å²) in [6.45, 7) is 5.94. The fourth-order valence-corrected chi connectivity index (χ4v) is 1.65. The third-order valence-corrected chi connectivity index (χ3v) is 2.63. The van der Waals surface area contributed by atoms with E-state index >= 15 is 0 Å². The van der Waals surface area contributed by atoms with Crippen LogP contribution in [0.15, 0.2) is 0 Å². The van der Waals surface area contributed by atoms with E-state index in [9.17, 15) is 9.90 Å². The van der Waals surface area contributed by atoms with Gasteiger partial charge in [-0.15, -0.1) is 0 Å². The van der Waals surface area contributed by atoms with Crippen LogP contribution in [0.4, 0.5) is 0 Å². The first-order chi connectivity index (χ1) is 6.06. The minimum Gasteiger partial charge on any atom is -0.550 e. The van der Waals surface area contributed by atoms with E-state index in [0.29, 0.717) is 0 Å². The molecule has 1 atom stereocenters. The average molecular weight is 208 g/mol. The standard InChI is InChI=1S/C11H22O2.Na/c1-4-6-7-9-11(3,8-5-2)10(12)13;/h4-9H2,1-3H3,(H,12,13);/q;+1/p-1. The van der Waals surface area contributed by atoms with E-state index in [0.717, 1.165) is 38.5 Å². The Kier molecular flexibility index (Phi) is 10.6. The molecule has 0 rings (SSSR count). The Morgan fingerprint density at radius 3 is 2.07 bits per heavy atom. The first kappa shape index (κ1) is 16.9. The molecule has 0 aliphatic carbocycles. The van der Waals surface area contributed by atoms with E-state index in [1.807, 2.05) is 13.8 Å². The summed E-state index contributed by atoms with van der Waals surface area (Å²) in [6, 6.07) is 0. The van der Waals surface area contributed by atoms with Gasteiger partial charge >= 0.3 is 29.6 Å². The fraction of sp³-hybridized carbons (Fsp3) is 0.909. The molecule has 2 nitrogen and oxygen atoms in total. The second-order valence-electron chi connectivity index (χ2n) is 4.06. The molecule has 0 radical (unpaired) electrons. The van der Waals surface area contributed by atoms with Crippen LogP contribution in [0.1, 0.15) is 59.3 Å². The van der Waals surface area contributed by atoms with Crippen molar-refractivity contribution in [1.82, 2.24) is 0 Å². The number of carboxylic acids is 1. The SMILES string of the molecule is CCCCCC(C)(CCC)C(=O)[O-].[Na+]. The summed E-state index contributed by atoms with van der Waals surface area (Å²) in [4.78, 5) is 10.9. The molecule has 0 bridgehead atoms. The second kappa shape index (κ2) is 8.75. The van der Waals surface area contributed by atoms with Gasteiger partial charge in [-0.2, -0.15) is 0 Å². The van der Waals surface area contributed by atoms with E-state index in [-0.39, 0.29) is 29.6 Å². The number of hydrogen-bond donors (Lipinski definition) is 0. The zero-order valence-corrected chi connectivity index (χ0v) is 12.1. The first-order valence-electron chi connectivity index (χ1n) is 5.28. The number of unbranched alkanes of at least 4 members (excludes halogenated alkanes) is 2. The summed E-state index contributed by atoms with van der Waals surface area (Å²) in [5.74, 6) is -0.884. The van der Waals surface area contributed by atoms with Crippen molar-refractivity contribution in [3.8, 4) is 0 Å². The normalized spacial score (nSPS) is 14.2. The van der Waals surface area contributed by atoms with E-state index in [1.54, 1.807) is 0 Å². The number of carbonyl (C=O) groups excluding carboxylic acids is 1. The largest absolute Gasteiger partial charge is 1.00 e. The predicted octanol–water partition coefficient (Wildman–Crippen LogP) is -0.873. The Labute approximate surface area is 110 Å².